The Bertz CT molecular complexity index is 708. The number of sulfonamides is 1. The zero-order chi connectivity index (χ0) is 15.5. The second-order valence-corrected chi connectivity index (χ2v) is 7.98. The fourth-order valence-electron chi connectivity index (χ4n) is 2.46. The third-order valence-corrected chi connectivity index (χ3v) is 6.32. The summed E-state index contributed by atoms with van der Waals surface area (Å²) in [6.07, 6.45) is 1.79. The highest BCUT2D eigenvalue weighted by atomic mass is 32.2. The zero-order valence-electron chi connectivity index (χ0n) is 12.6. The van der Waals surface area contributed by atoms with Gasteiger partial charge in [-0.3, -0.25) is 0 Å². The number of hydrogen-bond donors (Lipinski definition) is 2. The lowest BCUT2D eigenvalue weighted by atomic mass is 10.2. The minimum absolute atomic E-state index is 0.0545. The Kier molecular flexibility index (Phi) is 5.37. The third kappa shape index (κ3) is 3.63. The van der Waals surface area contributed by atoms with Crippen LogP contribution in [0, 0.1) is 0 Å². The Hall–Kier alpha value is -0.950. The molecule has 1 unspecified atom stereocenters. The van der Waals surface area contributed by atoms with Crippen LogP contribution >= 0.6 is 11.3 Å². The molecule has 2 aromatic rings. The lowest BCUT2D eigenvalue weighted by Crippen LogP contribution is -2.33. The van der Waals surface area contributed by atoms with Gasteiger partial charge < -0.3 is 5.32 Å². The number of hydrogen-bond acceptors (Lipinski definition) is 4. The van der Waals surface area contributed by atoms with Crippen LogP contribution in [-0.2, 0) is 16.6 Å². The molecule has 0 bridgehead atoms. The number of rotatable bonds is 7. The molecule has 21 heavy (non-hydrogen) atoms. The van der Waals surface area contributed by atoms with E-state index in [2.05, 4.69) is 17.0 Å². The van der Waals surface area contributed by atoms with Crippen molar-refractivity contribution in [1.82, 2.24) is 10.0 Å². The molecule has 6 heteroatoms. The average molecular weight is 326 g/mol. The number of thiophene rings is 1. The van der Waals surface area contributed by atoms with Crippen LogP contribution in [0.4, 0.5) is 0 Å². The molecule has 4 nitrogen and oxygen atoms in total. The summed E-state index contributed by atoms with van der Waals surface area (Å²) in [5.74, 6) is 0. The molecule has 1 heterocycles. The summed E-state index contributed by atoms with van der Waals surface area (Å²) in [5.41, 5.74) is 0. The van der Waals surface area contributed by atoms with Gasteiger partial charge in [-0.1, -0.05) is 31.5 Å². The van der Waals surface area contributed by atoms with E-state index in [0.29, 0.717) is 11.4 Å². The maximum atomic E-state index is 12.8. The first-order valence-corrected chi connectivity index (χ1v) is 9.47. The van der Waals surface area contributed by atoms with Gasteiger partial charge in [-0.2, -0.15) is 0 Å². The molecule has 0 aliphatic rings. The predicted octanol–water partition coefficient (Wildman–Crippen LogP) is 3.09. The average Bonchev–Trinajstić information content (AvgIpc) is 2.77. The normalized spacial score (nSPS) is 13.7. The van der Waals surface area contributed by atoms with Gasteiger partial charge in [0.05, 0.1) is 0 Å². The van der Waals surface area contributed by atoms with Crippen LogP contribution in [0.15, 0.2) is 29.2 Å². The molecule has 0 amide bonds. The maximum absolute atomic E-state index is 12.8. The van der Waals surface area contributed by atoms with Crippen molar-refractivity contribution >= 4 is 31.4 Å². The van der Waals surface area contributed by atoms with Gasteiger partial charge in [-0.05, 0) is 26.5 Å². The standard InChI is InChI=1S/C15H22N2O2S2/c1-4-7-11(2)17-21(18,19)15-12-8-5-6-9-13(12)20-14(15)10-16-3/h5-6,8-9,11,16-17H,4,7,10H2,1-3H3. The van der Waals surface area contributed by atoms with Crippen LogP contribution in [0.1, 0.15) is 31.6 Å². The van der Waals surface area contributed by atoms with Gasteiger partial charge in [0.15, 0.2) is 0 Å². The molecule has 1 aromatic carbocycles. The summed E-state index contributed by atoms with van der Waals surface area (Å²) in [6, 6.07) is 7.61. The topological polar surface area (TPSA) is 58.2 Å². The maximum Gasteiger partial charge on any atom is 0.242 e. The molecule has 0 saturated carbocycles. The van der Waals surface area contributed by atoms with Gasteiger partial charge in [0.1, 0.15) is 4.90 Å². The Labute approximate surface area is 130 Å². The van der Waals surface area contributed by atoms with E-state index < -0.39 is 10.0 Å². The first kappa shape index (κ1) is 16.4. The molecule has 0 saturated heterocycles. The van der Waals surface area contributed by atoms with E-state index in [1.165, 1.54) is 11.3 Å². The van der Waals surface area contributed by atoms with Crippen LogP contribution < -0.4 is 10.0 Å². The molecule has 2 rings (SSSR count). The molecule has 116 valence electrons. The van der Waals surface area contributed by atoms with Crippen molar-refractivity contribution < 1.29 is 8.42 Å². The van der Waals surface area contributed by atoms with E-state index in [1.807, 2.05) is 38.2 Å². The second kappa shape index (κ2) is 6.87. The van der Waals surface area contributed by atoms with Crippen molar-refractivity contribution in [3.05, 3.63) is 29.1 Å². The summed E-state index contributed by atoms with van der Waals surface area (Å²) < 4.78 is 29.3. The molecular formula is C15H22N2O2S2. The van der Waals surface area contributed by atoms with Gasteiger partial charge in [0.25, 0.3) is 0 Å². The summed E-state index contributed by atoms with van der Waals surface area (Å²) in [5, 5.41) is 3.86. The molecular weight excluding hydrogens is 304 g/mol. The lowest BCUT2D eigenvalue weighted by molar-refractivity contribution is 0.544. The second-order valence-electron chi connectivity index (χ2n) is 5.19. The van der Waals surface area contributed by atoms with Crippen LogP contribution in [0.25, 0.3) is 10.1 Å². The van der Waals surface area contributed by atoms with E-state index in [-0.39, 0.29) is 6.04 Å². The van der Waals surface area contributed by atoms with Crippen LogP contribution in [-0.4, -0.2) is 21.5 Å². The first-order chi connectivity index (χ1) is 9.99. The van der Waals surface area contributed by atoms with Crippen LogP contribution in [0.2, 0.25) is 0 Å². The largest absolute Gasteiger partial charge is 0.315 e. The summed E-state index contributed by atoms with van der Waals surface area (Å²) in [4.78, 5) is 1.29. The van der Waals surface area contributed by atoms with E-state index in [9.17, 15) is 8.42 Å². The fraction of sp³-hybridized carbons (Fsp3) is 0.467. The molecule has 0 spiro atoms. The summed E-state index contributed by atoms with van der Waals surface area (Å²) in [7, 11) is -1.67. The molecule has 1 atom stereocenters. The summed E-state index contributed by atoms with van der Waals surface area (Å²) in [6.45, 7) is 4.52. The highest BCUT2D eigenvalue weighted by Crippen LogP contribution is 2.34. The van der Waals surface area contributed by atoms with Gasteiger partial charge in [0.2, 0.25) is 10.0 Å². The summed E-state index contributed by atoms with van der Waals surface area (Å²) >= 11 is 1.53. The van der Waals surface area contributed by atoms with Gasteiger partial charge >= 0.3 is 0 Å². The van der Waals surface area contributed by atoms with Crippen LogP contribution in [0.3, 0.4) is 0 Å². The highest BCUT2D eigenvalue weighted by molar-refractivity contribution is 7.90. The van der Waals surface area contributed by atoms with Crippen molar-refractivity contribution in [2.75, 3.05) is 7.05 Å². The minimum Gasteiger partial charge on any atom is -0.315 e. The van der Waals surface area contributed by atoms with E-state index in [4.69, 9.17) is 0 Å². The van der Waals surface area contributed by atoms with E-state index >= 15 is 0 Å². The van der Waals surface area contributed by atoms with Gasteiger partial charge in [-0.15, -0.1) is 11.3 Å². The Morgan fingerprint density at radius 2 is 2.00 bits per heavy atom. The predicted molar refractivity (Wildman–Crippen MR) is 89.3 cm³/mol. The SMILES string of the molecule is CCCC(C)NS(=O)(=O)c1c(CNC)sc2ccccc12. The molecule has 0 aliphatic carbocycles. The lowest BCUT2D eigenvalue weighted by Gasteiger charge is -2.14. The van der Waals surface area contributed by atoms with E-state index in [1.54, 1.807) is 0 Å². The Balaban J connectivity index is 2.50. The van der Waals surface area contributed by atoms with E-state index in [0.717, 1.165) is 27.8 Å². The van der Waals surface area contributed by atoms with Crippen LogP contribution in [0.5, 0.6) is 0 Å². The molecule has 2 N–H and O–H groups in total. The van der Waals surface area contributed by atoms with Crippen molar-refractivity contribution in [3.8, 4) is 0 Å². The smallest absolute Gasteiger partial charge is 0.242 e. The van der Waals surface area contributed by atoms with Crippen molar-refractivity contribution in [1.29, 1.82) is 0 Å². The number of nitrogens with one attached hydrogen (secondary N) is 2. The Morgan fingerprint density at radius 3 is 2.67 bits per heavy atom. The molecule has 0 radical (unpaired) electrons. The third-order valence-electron chi connectivity index (χ3n) is 3.30. The highest BCUT2D eigenvalue weighted by Gasteiger charge is 2.25. The van der Waals surface area contributed by atoms with Gasteiger partial charge in [-0.25, -0.2) is 13.1 Å². The number of benzene rings is 1. The first-order valence-electron chi connectivity index (χ1n) is 7.17. The minimum atomic E-state index is -3.50. The van der Waals surface area contributed by atoms with Crippen molar-refractivity contribution in [2.24, 2.45) is 0 Å². The molecule has 1 aromatic heterocycles. The molecule has 0 fully saturated rings. The van der Waals surface area contributed by atoms with Crippen molar-refractivity contribution in [2.45, 2.75) is 44.2 Å². The monoisotopic (exact) mass is 326 g/mol. The number of fused-ring (bicyclic) bond motifs is 1. The fourth-order valence-corrected chi connectivity index (χ4v) is 5.69. The molecule has 0 aliphatic heterocycles. The van der Waals surface area contributed by atoms with Gasteiger partial charge in [0, 0.05) is 27.5 Å². The quantitative estimate of drug-likeness (QED) is 0.822. The van der Waals surface area contributed by atoms with Crippen molar-refractivity contribution in [3.63, 3.8) is 0 Å². The zero-order valence-corrected chi connectivity index (χ0v) is 14.3. The Morgan fingerprint density at radius 1 is 1.29 bits per heavy atom.